The molecule has 0 saturated carbocycles. The smallest absolute Gasteiger partial charge is 0.270 e. The van der Waals surface area contributed by atoms with Gasteiger partial charge in [-0.25, -0.2) is 0 Å². The van der Waals surface area contributed by atoms with Gasteiger partial charge in [-0.3, -0.25) is 19.8 Å². The van der Waals surface area contributed by atoms with E-state index in [2.05, 4.69) is 15.5 Å². The van der Waals surface area contributed by atoms with Gasteiger partial charge in [0.25, 0.3) is 5.56 Å². The van der Waals surface area contributed by atoms with Crippen LogP contribution in [0.2, 0.25) is 0 Å². The Bertz CT molecular complexity index is 1270. The first kappa shape index (κ1) is 19.7. The minimum Gasteiger partial charge on any atom is -0.493 e. The first-order valence-electron chi connectivity index (χ1n) is 10.1. The van der Waals surface area contributed by atoms with Crippen molar-refractivity contribution in [2.24, 2.45) is 0 Å². The summed E-state index contributed by atoms with van der Waals surface area (Å²) in [6.45, 7) is 2.03. The quantitative estimate of drug-likeness (QED) is 0.572. The number of ketones is 1. The van der Waals surface area contributed by atoms with Crippen LogP contribution in [0, 0.1) is 6.92 Å². The van der Waals surface area contributed by atoms with Crippen LogP contribution in [0.3, 0.4) is 0 Å². The highest BCUT2D eigenvalue weighted by molar-refractivity contribution is 7.12. The molecule has 3 aromatic rings. The Hall–Kier alpha value is -3.26. The number of Topliss-reactive ketones (excluding diaryl/α,β-unsaturated/α-hetero) is 1. The van der Waals surface area contributed by atoms with E-state index in [-0.39, 0.29) is 23.2 Å². The minimum absolute atomic E-state index is 0.0106. The molecule has 7 nitrogen and oxygen atoms in total. The van der Waals surface area contributed by atoms with Crippen molar-refractivity contribution in [2.45, 2.75) is 31.6 Å². The van der Waals surface area contributed by atoms with Crippen molar-refractivity contribution in [1.29, 1.82) is 0 Å². The van der Waals surface area contributed by atoms with Crippen molar-refractivity contribution < 1.29 is 14.3 Å². The van der Waals surface area contributed by atoms with Crippen LogP contribution in [0.15, 0.2) is 46.4 Å². The summed E-state index contributed by atoms with van der Waals surface area (Å²) in [4.78, 5) is 28.2. The number of ether oxygens (including phenoxy) is 2. The summed E-state index contributed by atoms with van der Waals surface area (Å²) < 4.78 is 10.8. The van der Waals surface area contributed by atoms with Crippen molar-refractivity contribution in [2.75, 3.05) is 19.5 Å². The average molecular weight is 438 g/mol. The van der Waals surface area contributed by atoms with Gasteiger partial charge in [0.15, 0.2) is 17.3 Å². The van der Waals surface area contributed by atoms with Gasteiger partial charge in [-0.05, 0) is 49.1 Å². The number of aromatic nitrogens is 2. The van der Waals surface area contributed by atoms with E-state index >= 15 is 0 Å². The number of benzene rings is 1. The molecule has 2 atom stereocenters. The molecule has 0 radical (unpaired) electrons. The Labute approximate surface area is 183 Å². The van der Waals surface area contributed by atoms with E-state index in [0.717, 1.165) is 21.0 Å². The van der Waals surface area contributed by atoms with Crippen LogP contribution in [0.1, 0.15) is 45.6 Å². The number of rotatable bonds is 4. The first-order chi connectivity index (χ1) is 15.0. The van der Waals surface area contributed by atoms with Gasteiger partial charge in [-0.15, -0.1) is 11.3 Å². The molecular weight excluding hydrogens is 414 g/mol. The summed E-state index contributed by atoms with van der Waals surface area (Å²) in [6, 6.07) is 9.84. The van der Waals surface area contributed by atoms with E-state index in [1.54, 1.807) is 25.6 Å². The lowest BCUT2D eigenvalue weighted by molar-refractivity contribution is -0.116. The van der Waals surface area contributed by atoms with Crippen molar-refractivity contribution in [3.05, 3.63) is 72.8 Å². The molecule has 0 amide bonds. The van der Waals surface area contributed by atoms with Crippen LogP contribution in [-0.2, 0) is 4.79 Å². The van der Waals surface area contributed by atoms with Gasteiger partial charge in [0, 0.05) is 27.4 Å². The van der Waals surface area contributed by atoms with E-state index in [1.807, 2.05) is 37.3 Å². The Morgan fingerprint density at radius 2 is 1.81 bits per heavy atom. The van der Waals surface area contributed by atoms with Crippen LogP contribution < -0.4 is 20.3 Å². The monoisotopic (exact) mass is 437 g/mol. The number of hydrogen-bond donors (Lipinski definition) is 3. The Kier molecular flexibility index (Phi) is 4.74. The number of fused-ring (bicyclic) bond motifs is 1. The van der Waals surface area contributed by atoms with Crippen molar-refractivity contribution in [3.8, 4) is 11.5 Å². The van der Waals surface area contributed by atoms with Crippen LogP contribution in [0.4, 0.5) is 5.82 Å². The number of carbonyl (C=O) groups excluding carboxylic acids is 1. The fraction of sp³-hybridized carbons (Fsp3) is 0.304. The summed E-state index contributed by atoms with van der Waals surface area (Å²) in [7, 11) is 3.21. The Morgan fingerprint density at radius 1 is 1.00 bits per heavy atom. The maximum Gasteiger partial charge on any atom is 0.270 e. The highest BCUT2D eigenvalue weighted by Gasteiger charge is 2.41. The SMILES string of the molecule is COc1ccc([C@@H]2CC(=O)C3=C(C2)Nc2[nH][nH]c(=O)c2[C@@H]3c2ccc(C)s2)cc1OC. The molecule has 160 valence electrons. The van der Waals surface area contributed by atoms with Gasteiger partial charge in [0.1, 0.15) is 5.82 Å². The summed E-state index contributed by atoms with van der Waals surface area (Å²) >= 11 is 1.62. The number of allylic oxidation sites excluding steroid dienone is 2. The van der Waals surface area contributed by atoms with Crippen LogP contribution in [-0.4, -0.2) is 30.2 Å². The third-order valence-corrected chi connectivity index (χ3v) is 7.17. The van der Waals surface area contributed by atoms with Gasteiger partial charge < -0.3 is 14.8 Å². The number of anilines is 1. The second kappa shape index (κ2) is 7.46. The molecule has 0 saturated heterocycles. The molecular formula is C23H23N3O4S. The van der Waals surface area contributed by atoms with Crippen molar-refractivity contribution in [1.82, 2.24) is 10.2 Å². The molecule has 3 heterocycles. The number of thiophene rings is 1. The number of aromatic amines is 2. The highest BCUT2D eigenvalue weighted by atomic mass is 32.1. The predicted molar refractivity (Wildman–Crippen MR) is 119 cm³/mol. The third-order valence-electron chi connectivity index (χ3n) is 6.10. The van der Waals surface area contributed by atoms with Gasteiger partial charge >= 0.3 is 0 Å². The molecule has 2 aromatic heterocycles. The molecule has 0 bridgehead atoms. The van der Waals surface area contributed by atoms with Crippen molar-refractivity contribution >= 4 is 22.9 Å². The maximum absolute atomic E-state index is 13.5. The average Bonchev–Trinajstić information content (AvgIpc) is 3.37. The summed E-state index contributed by atoms with van der Waals surface area (Å²) in [5.41, 5.74) is 2.99. The number of aryl methyl sites for hydroxylation is 1. The topological polar surface area (TPSA) is 96.2 Å². The predicted octanol–water partition coefficient (Wildman–Crippen LogP) is 4.05. The molecule has 0 fully saturated rings. The molecule has 3 N–H and O–H groups in total. The molecule has 0 spiro atoms. The lowest BCUT2D eigenvalue weighted by Crippen LogP contribution is -2.31. The zero-order chi connectivity index (χ0) is 21.7. The Morgan fingerprint density at radius 3 is 2.52 bits per heavy atom. The molecule has 1 aliphatic heterocycles. The second-order valence-electron chi connectivity index (χ2n) is 7.91. The normalized spacial score (nSPS) is 20.2. The third kappa shape index (κ3) is 3.18. The Balaban J connectivity index is 1.58. The molecule has 2 aliphatic rings. The van der Waals surface area contributed by atoms with Crippen molar-refractivity contribution in [3.63, 3.8) is 0 Å². The molecule has 5 rings (SSSR count). The molecule has 8 heteroatoms. The summed E-state index contributed by atoms with van der Waals surface area (Å²) in [5, 5.41) is 8.94. The maximum atomic E-state index is 13.5. The van der Waals surface area contributed by atoms with Gasteiger partial charge in [-0.1, -0.05) is 6.07 Å². The number of H-pyrrole nitrogens is 2. The zero-order valence-electron chi connectivity index (χ0n) is 17.5. The minimum atomic E-state index is -0.348. The summed E-state index contributed by atoms with van der Waals surface area (Å²) in [5.74, 6) is 1.67. The first-order valence-corrected chi connectivity index (χ1v) is 10.9. The standard InChI is InChI=1S/C23H23N3O4S/c1-11-4-7-18(31-11)20-19-14(24-22-21(20)23(28)26-25-22)8-13(9-15(19)27)12-5-6-16(29-2)17(10-12)30-3/h4-7,10,13,20H,8-9H2,1-3H3,(H3,24,25,26,28)/t13-,20+/m0/s1. The second-order valence-corrected chi connectivity index (χ2v) is 9.23. The molecule has 1 aliphatic carbocycles. The zero-order valence-corrected chi connectivity index (χ0v) is 18.3. The lowest BCUT2D eigenvalue weighted by Gasteiger charge is -2.34. The lowest BCUT2D eigenvalue weighted by atomic mass is 9.74. The fourth-order valence-electron chi connectivity index (χ4n) is 4.66. The van der Waals surface area contributed by atoms with Crippen LogP contribution in [0.5, 0.6) is 11.5 Å². The number of hydrogen-bond acceptors (Lipinski definition) is 6. The number of carbonyl (C=O) groups is 1. The fourth-order valence-corrected chi connectivity index (χ4v) is 5.65. The highest BCUT2D eigenvalue weighted by Crippen LogP contribution is 2.48. The van der Waals surface area contributed by atoms with E-state index in [9.17, 15) is 9.59 Å². The van der Waals surface area contributed by atoms with E-state index < -0.39 is 0 Å². The van der Waals surface area contributed by atoms with E-state index in [0.29, 0.717) is 41.3 Å². The van der Waals surface area contributed by atoms with E-state index in [1.165, 1.54) is 0 Å². The molecule has 0 unspecified atom stereocenters. The van der Waals surface area contributed by atoms with Crippen LogP contribution >= 0.6 is 11.3 Å². The molecule has 31 heavy (non-hydrogen) atoms. The number of methoxy groups -OCH3 is 2. The summed E-state index contributed by atoms with van der Waals surface area (Å²) in [6.07, 6.45) is 1.05. The van der Waals surface area contributed by atoms with E-state index in [4.69, 9.17) is 9.47 Å². The number of nitrogens with one attached hydrogen (secondary N) is 3. The molecule has 1 aromatic carbocycles. The largest absolute Gasteiger partial charge is 0.493 e. The van der Waals surface area contributed by atoms with Gasteiger partial charge in [-0.2, -0.15) is 0 Å². The van der Waals surface area contributed by atoms with Gasteiger partial charge in [0.2, 0.25) is 0 Å². The van der Waals surface area contributed by atoms with Crippen LogP contribution in [0.25, 0.3) is 0 Å². The van der Waals surface area contributed by atoms with Gasteiger partial charge in [0.05, 0.1) is 25.7 Å².